The lowest BCUT2D eigenvalue weighted by atomic mass is 9.72. The molecule has 9 heteroatoms. The van der Waals surface area contributed by atoms with E-state index < -0.39 is 41.7 Å². The molecule has 0 bridgehead atoms. The number of carbonyl (C=O) groups is 1. The number of pyridine rings is 1. The van der Waals surface area contributed by atoms with E-state index in [0.717, 1.165) is 18.2 Å². The van der Waals surface area contributed by atoms with Crippen molar-refractivity contribution in [1.29, 1.82) is 0 Å². The molecule has 188 valence electrons. The third-order valence-corrected chi connectivity index (χ3v) is 6.15. The largest absolute Gasteiger partial charge is 0.319 e. The first-order valence-electron chi connectivity index (χ1n) is 11.5. The number of rotatable bonds is 5. The number of nitrogens with zero attached hydrogens (tertiary/aromatic N) is 3. The number of hydrogen-bond acceptors (Lipinski definition) is 4. The summed E-state index contributed by atoms with van der Waals surface area (Å²) < 4.78 is 57.3. The second-order valence-corrected chi connectivity index (χ2v) is 9.88. The van der Waals surface area contributed by atoms with E-state index in [2.05, 4.69) is 20.3 Å². The van der Waals surface area contributed by atoms with Gasteiger partial charge in [-0.05, 0) is 35.3 Å². The van der Waals surface area contributed by atoms with Gasteiger partial charge in [0.2, 0.25) is 0 Å². The van der Waals surface area contributed by atoms with Crippen molar-refractivity contribution in [2.75, 3.05) is 5.32 Å². The van der Waals surface area contributed by atoms with Crippen molar-refractivity contribution >= 4 is 17.2 Å². The normalized spacial score (nSPS) is 16.5. The summed E-state index contributed by atoms with van der Waals surface area (Å²) in [5.41, 5.74) is -0.0136. The molecule has 0 atom stereocenters. The number of hydrogen-bond donors (Lipinski definition) is 1. The highest BCUT2D eigenvalue weighted by Gasteiger charge is 2.43. The van der Waals surface area contributed by atoms with Crippen LogP contribution in [0.2, 0.25) is 0 Å². The van der Waals surface area contributed by atoms with E-state index in [-0.39, 0.29) is 34.0 Å². The second-order valence-electron chi connectivity index (χ2n) is 9.88. The average Bonchev–Trinajstić information content (AvgIpc) is 2.80. The van der Waals surface area contributed by atoms with Gasteiger partial charge in [0, 0.05) is 48.5 Å². The smallest absolute Gasteiger partial charge is 0.258 e. The molecule has 0 radical (unpaired) electrons. The Bertz CT molecular complexity index is 1330. The molecular weight excluding hydrogens is 472 g/mol. The van der Waals surface area contributed by atoms with Gasteiger partial charge in [0.1, 0.15) is 17.5 Å². The van der Waals surface area contributed by atoms with Gasteiger partial charge in [0.05, 0.1) is 16.9 Å². The minimum Gasteiger partial charge on any atom is -0.319 e. The van der Waals surface area contributed by atoms with Crippen molar-refractivity contribution in [3.8, 4) is 11.1 Å². The zero-order chi connectivity index (χ0) is 26.3. The molecular formula is C27H26F4N4O. The van der Waals surface area contributed by atoms with Crippen LogP contribution < -0.4 is 5.32 Å². The van der Waals surface area contributed by atoms with E-state index in [1.165, 1.54) is 30.7 Å². The topological polar surface area (TPSA) is 67.8 Å². The number of carbonyl (C=O) groups excluding carboxylic acids is 1. The minimum atomic E-state index is -2.89. The van der Waals surface area contributed by atoms with Crippen LogP contribution in [0.1, 0.15) is 68.3 Å². The molecule has 2 heterocycles. The molecule has 4 rings (SSSR count). The van der Waals surface area contributed by atoms with Gasteiger partial charge in [0.15, 0.2) is 0 Å². The Balaban J connectivity index is 1.86. The van der Waals surface area contributed by atoms with Crippen LogP contribution >= 0.6 is 0 Å². The molecule has 5 nitrogen and oxygen atoms in total. The Labute approximate surface area is 206 Å². The molecule has 0 saturated carbocycles. The molecule has 1 aliphatic carbocycles. The summed E-state index contributed by atoms with van der Waals surface area (Å²) in [7, 11) is 0. The SMILES string of the molecule is CC(C)c1ncc(C(=O)Nc2c(-c3cc(F)ccc3F)ccnc2C2=CCC(F)(F)CC2(C)C)cn1. The number of amides is 1. The summed E-state index contributed by atoms with van der Waals surface area (Å²) in [6.07, 6.45) is 4.61. The fraction of sp³-hybridized carbons (Fsp3) is 0.333. The third kappa shape index (κ3) is 5.15. The maximum Gasteiger partial charge on any atom is 0.258 e. The zero-order valence-corrected chi connectivity index (χ0v) is 20.4. The Morgan fingerprint density at radius 3 is 2.36 bits per heavy atom. The number of halogens is 4. The lowest BCUT2D eigenvalue weighted by Crippen LogP contribution is -2.31. The highest BCUT2D eigenvalue weighted by molar-refractivity contribution is 6.07. The maximum atomic E-state index is 14.8. The Kier molecular flexibility index (Phi) is 6.68. The van der Waals surface area contributed by atoms with E-state index >= 15 is 0 Å². The summed E-state index contributed by atoms with van der Waals surface area (Å²) in [4.78, 5) is 26.0. The van der Waals surface area contributed by atoms with Gasteiger partial charge < -0.3 is 5.32 Å². The van der Waals surface area contributed by atoms with Crippen molar-refractivity contribution in [3.05, 3.63) is 77.6 Å². The summed E-state index contributed by atoms with van der Waals surface area (Å²) in [5.74, 6) is -4.25. The van der Waals surface area contributed by atoms with Crippen LogP contribution in [0, 0.1) is 17.0 Å². The zero-order valence-electron chi connectivity index (χ0n) is 20.4. The molecule has 0 spiro atoms. The lowest BCUT2D eigenvalue weighted by Gasteiger charge is -2.36. The van der Waals surface area contributed by atoms with Crippen LogP contribution in [-0.2, 0) is 0 Å². The van der Waals surface area contributed by atoms with Crippen LogP contribution in [0.4, 0.5) is 23.2 Å². The van der Waals surface area contributed by atoms with Crippen molar-refractivity contribution in [1.82, 2.24) is 15.0 Å². The van der Waals surface area contributed by atoms with E-state index in [4.69, 9.17) is 0 Å². The van der Waals surface area contributed by atoms with Crippen molar-refractivity contribution in [2.45, 2.75) is 52.4 Å². The molecule has 3 aromatic rings. The number of nitrogens with one attached hydrogen (secondary N) is 1. The van der Waals surface area contributed by atoms with Gasteiger partial charge in [-0.2, -0.15) is 0 Å². The molecule has 0 unspecified atom stereocenters. The summed E-state index contributed by atoms with van der Waals surface area (Å²) in [6, 6.07) is 4.43. The highest BCUT2D eigenvalue weighted by atomic mass is 19.3. The number of alkyl halides is 2. The predicted molar refractivity (Wildman–Crippen MR) is 130 cm³/mol. The second kappa shape index (κ2) is 9.44. The molecule has 1 N–H and O–H groups in total. The Hall–Kier alpha value is -3.62. The van der Waals surface area contributed by atoms with Gasteiger partial charge in [-0.25, -0.2) is 27.5 Å². The number of allylic oxidation sites excluding steroid dienone is 2. The van der Waals surface area contributed by atoms with E-state index in [1.807, 2.05) is 13.8 Å². The van der Waals surface area contributed by atoms with Crippen molar-refractivity contribution in [2.24, 2.45) is 5.41 Å². The standard InChI is InChI=1S/C27H26F4N4O/c1-15(2)24-33-12-16(13-34-24)25(36)35-22-18(19-11-17(28)5-6-21(19)29)8-10-32-23(22)20-7-9-27(30,31)14-26(20,3)4/h5-8,10-13,15H,9,14H2,1-4H3,(H,35,36). The van der Waals surface area contributed by atoms with Crippen molar-refractivity contribution in [3.63, 3.8) is 0 Å². The van der Waals surface area contributed by atoms with Crippen LogP contribution in [0.15, 0.2) is 48.9 Å². The first-order valence-corrected chi connectivity index (χ1v) is 11.5. The van der Waals surface area contributed by atoms with E-state index in [9.17, 15) is 22.4 Å². The molecule has 0 saturated heterocycles. The van der Waals surface area contributed by atoms with Crippen LogP contribution in [-0.4, -0.2) is 26.8 Å². The van der Waals surface area contributed by atoms with E-state index in [0.29, 0.717) is 11.4 Å². The van der Waals surface area contributed by atoms with Crippen LogP contribution in [0.5, 0.6) is 0 Å². The van der Waals surface area contributed by atoms with Crippen LogP contribution in [0.25, 0.3) is 16.7 Å². The van der Waals surface area contributed by atoms with E-state index in [1.54, 1.807) is 13.8 Å². The molecule has 0 fully saturated rings. The molecule has 0 aliphatic heterocycles. The highest BCUT2D eigenvalue weighted by Crippen LogP contribution is 2.50. The van der Waals surface area contributed by atoms with Gasteiger partial charge >= 0.3 is 0 Å². The third-order valence-electron chi connectivity index (χ3n) is 6.15. The maximum absolute atomic E-state index is 14.8. The molecule has 1 amide bonds. The first-order chi connectivity index (χ1) is 16.9. The fourth-order valence-electron chi connectivity index (χ4n) is 4.42. The number of benzene rings is 1. The minimum absolute atomic E-state index is 0.0631. The average molecular weight is 499 g/mol. The van der Waals surface area contributed by atoms with Crippen molar-refractivity contribution < 1.29 is 22.4 Å². The quantitative estimate of drug-likeness (QED) is 0.384. The molecule has 36 heavy (non-hydrogen) atoms. The van der Waals surface area contributed by atoms with Crippen LogP contribution in [0.3, 0.4) is 0 Å². The number of aromatic nitrogens is 3. The fourth-order valence-corrected chi connectivity index (χ4v) is 4.42. The van der Waals surface area contributed by atoms with Gasteiger partial charge in [0.25, 0.3) is 11.8 Å². The van der Waals surface area contributed by atoms with Gasteiger partial charge in [-0.3, -0.25) is 9.78 Å². The summed E-state index contributed by atoms with van der Waals surface area (Å²) >= 11 is 0. The summed E-state index contributed by atoms with van der Waals surface area (Å²) in [6.45, 7) is 7.15. The predicted octanol–water partition coefficient (Wildman–Crippen LogP) is 7.03. The van der Waals surface area contributed by atoms with Gasteiger partial charge in [-0.1, -0.05) is 33.8 Å². The number of anilines is 1. The molecule has 1 aromatic carbocycles. The monoisotopic (exact) mass is 498 g/mol. The Morgan fingerprint density at radius 2 is 1.72 bits per heavy atom. The van der Waals surface area contributed by atoms with Gasteiger partial charge in [-0.15, -0.1) is 0 Å². The first kappa shape index (κ1) is 25.5. The molecule has 2 aromatic heterocycles. The lowest BCUT2D eigenvalue weighted by molar-refractivity contribution is -0.0310. The Morgan fingerprint density at radius 1 is 1.03 bits per heavy atom. The summed E-state index contributed by atoms with van der Waals surface area (Å²) in [5, 5.41) is 2.75. The molecule has 1 aliphatic rings.